The van der Waals surface area contributed by atoms with Gasteiger partial charge in [-0.25, -0.2) is 4.98 Å². The molecule has 1 saturated carbocycles. The lowest BCUT2D eigenvalue weighted by molar-refractivity contribution is -0.136. The summed E-state index contributed by atoms with van der Waals surface area (Å²) in [5.74, 6) is 1.24. The Hall–Kier alpha value is -2.21. The van der Waals surface area contributed by atoms with Crippen molar-refractivity contribution >= 4 is 5.91 Å². The fraction of sp³-hybridized carbons (Fsp3) is 0.625. The summed E-state index contributed by atoms with van der Waals surface area (Å²) >= 11 is 0. The molecule has 0 N–H and O–H groups in total. The van der Waals surface area contributed by atoms with Crippen molar-refractivity contribution in [1.82, 2.24) is 24.3 Å². The molecule has 0 unspecified atom stereocenters. The average Bonchev–Trinajstić information content (AvgIpc) is 3.13. The van der Waals surface area contributed by atoms with Crippen LogP contribution in [-0.4, -0.2) is 56.4 Å². The van der Waals surface area contributed by atoms with Gasteiger partial charge >= 0.3 is 0 Å². The maximum atomic E-state index is 13.7. The van der Waals surface area contributed by atoms with Gasteiger partial charge in [0.2, 0.25) is 5.91 Å². The number of likely N-dealkylation sites (tertiary alicyclic amines) is 2. The fourth-order valence-corrected chi connectivity index (χ4v) is 5.35. The Morgan fingerprint density at radius 1 is 1.27 bits per heavy atom. The molecule has 3 aliphatic rings. The van der Waals surface area contributed by atoms with Crippen LogP contribution in [0.2, 0.25) is 0 Å². The quantitative estimate of drug-likeness (QED) is 0.737. The Morgan fingerprint density at radius 3 is 2.80 bits per heavy atom. The molecule has 2 saturated heterocycles. The molecule has 30 heavy (non-hydrogen) atoms. The van der Waals surface area contributed by atoms with E-state index in [4.69, 9.17) is 9.97 Å². The molecule has 160 valence electrons. The highest BCUT2D eigenvalue weighted by Crippen LogP contribution is 2.50. The number of hydrogen-bond donors (Lipinski definition) is 0. The van der Waals surface area contributed by atoms with Crippen LogP contribution in [0.5, 0.6) is 0 Å². The Balaban J connectivity index is 1.43. The normalized spacial score (nSPS) is 27.1. The van der Waals surface area contributed by atoms with Gasteiger partial charge in [-0.05, 0) is 58.1 Å². The second kappa shape index (κ2) is 7.49. The molecule has 0 aromatic carbocycles. The van der Waals surface area contributed by atoms with Crippen LogP contribution >= 0.6 is 0 Å². The lowest BCUT2D eigenvalue weighted by Gasteiger charge is -2.28. The van der Waals surface area contributed by atoms with Crippen molar-refractivity contribution < 1.29 is 4.79 Å². The predicted molar refractivity (Wildman–Crippen MR) is 116 cm³/mol. The van der Waals surface area contributed by atoms with Crippen molar-refractivity contribution in [2.45, 2.75) is 58.5 Å². The first-order valence-electron chi connectivity index (χ1n) is 11.4. The monoisotopic (exact) mass is 407 g/mol. The SMILES string of the molecule is Cc1cccc(CN2C[C@@H](c3cn(C(C)C)cn3)[C@]3(CCN(CC4CC4)C3=O)C2)n1. The van der Waals surface area contributed by atoms with E-state index < -0.39 is 0 Å². The molecule has 2 aromatic rings. The van der Waals surface area contributed by atoms with Crippen LogP contribution < -0.4 is 0 Å². The zero-order valence-corrected chi connectivity index (χ0v) is 18.4. The number of carbonyl (C=O) groups is 1. The van der Waals surface area contributed by atoms with Gasteiger partial charge in [-0.3, -0.25) is 14.7 Å². The van der Waals surface area contributed by atoms with Crippen LogP contribution in [0.15, 0.2) is 30.7 Å². The standard InChI is InChI=1S/C24H33N5O/c1-17(2)29-14-22(25-16-29)21-13-27(12-20-6-4-5-18(3)26-20)15-24(21)9-10-28(23(24)30)11-19-7-8-19/h4-6,14,16-17,19,21H,7-13,15H2,1-3H3/t21-,24-/m0/s1. The van der Waals surface area contributed by atoms with E-state index in [1.165, 1.54) is 12.8 Å². The third kappa shape index (κ3) is 3.55. The number of aromatic nitrogens is 3. The van der Waals surface area contributed by atoms with Crippen molar-refractivity contribution in [2.75, 3.05) is 26.2 Å². The number of nitrogens with zero attached hydrogens (tertiary/aromatic N) is 5. The number of pyridine rings is 1. The highest BCUT2D eigenvalue weighted by Gasteiger charge is 2.58. The first-order valence-corrected chi connectivity index (χ1v) is 11.4. The van der Waals surface area contributed by atoms with Crippen LogP contribution in [0.4, 0.5) is 0 Å². The van der Waals surface area contributed by atoms with Crippen molar-refractivity contribution in [3.63, 3.8) is 0 Å². The molecule has 0 radical (unpaired) electrons. The summed E-state index contributed by atoms with van der Waals surface area (Å²) in [6, 6.07) is 6.58. The number of carbonyl (C=O) groups excluding carboxylic acids is 1. The summed E-state index contributed by atoms with van der Waals surface area (Å²) in [7, 11) is 0. The molecule has 2 atom stereocenters. The van der Waals surface area contributed by atoms with Gasteiger partial charge in [0.25, 0.3) is 0 Å². The summed E-state index contributed by atoms with van der Waals surface area (Å²) < 4.78 is 2.16. The lowest BCUT2D eigenvalue weighted by atomic mass is 9.75. The Labute approximate surface area is 179 Å². The first-order chi connectivity index (χ1) is 14.4. The van der Waals surface area contributed by atoms with Crippen LogP contribution in [-0.2, 0) is 11.3 Å². The molecule has 3 fully saturated rings. The van der Waals surface area contributed by atoms with Gasteiger partial charge in [0.05, 0.1) is 23.1 Å². The summed E-state index contributed by atoms with van der Waals surface area (Å²) in [5.41, 5.74) is 2.86. The van der Waals surface area contributed by atoms with Gasteiger partial charge in [-0.2, -0.15) is 0 Å². The first kappa shape index (κ1) is 19.7. The minimum absolute atomic E-state index is 0.152. The Bertz CT molecular complexity index is 933. The minimum Gasteiger partial charge on any atom is -0.342 e. The number of amides is 1. The zero-order chi connectivity index (χ0) is 20.9. The van der Waals surface area contributed by atoms with Gasteiger partial charge in [0.1, 0.15) is 0 Å². The summed E-state index contributed by atoms with van der Waals surface area (Å²) in [6.45, 7) is 10.7. The van der Waals surface area contributed by atoms with E-state index in [9.17, 15) is 4.79 Å². The minimum atomic E-state index is -0.338. The second-order valence-corrected chi connectivity index (χ2v) is 9.93. The van der Waals surface area contributed by atoms with Gasteiger partial charge in [0, 0.05) is 56.6 Å². The second-order valence-electron chi connectivity index (χ2n) is 9.93. The van der Waals surface area contributed by atoms with Gasteiger partial charge in [-0.1, -0.05) is 6.07 Å². The van der Waals surface area contributed by atoms with Crippen LogP contribution in [0.1, 0.15) is 62.2 Å². The van der Waals surface area contributed by atoms with Crippen molar-refractivity contribution in [2.24, 2.45) is 11.3 Å². The number of hydrogen-bond acceptors (Lipinski definition) is 4. The van der Waals surface area contributed by atoms with Crippen molar-refractivity contribution in [3.8, 4) is 0 Å². The molecule has 1 aliphatic carbocycles. The molecule has 5 rings (SSSR count). The average molecular weight is 408 g/mol. The molecular formula is C24H33N5O. The van der Waals surface area contributed by atoms with Gasteiger partial charge in [-0.15, -0.1) is 0 Å². The van der Waals surface area contributed by atoms with Crippen molar-refractivity contribution in [1.29, 1.82) is 0 Å². The van der Waals surface area contributed by atoms with E-state index in [0.717, 1.165) is 62.1 Å². The molecule has 2 aromatic heterocycles. The summed E-state index contributed by atoms with van der Waals surface area (Å²) in [6.07, 6.45) is 7.60. The molecule has 1 spiro atoms. The number of aryl methyl sites for hydroxylation is 1. The van der Waals surface area contributed by atoms with Crippen LogP contribution in [0.25, 0.3) is 0 Å². The maximum Gasteiger partial charge on any atom is 0.230 e. The van der Waals surface area contributed by atoms with E-state index in [2.05, 4.69) is 46.5 Å². The van der Waals surface area contributed by atoms with E-state index >= 15 is 0 Å². The molecular weight excluding hydrogens is 374 g/mol. The largest absolute Gasteiger partial charge is 0.342 e. The Morgan fingerprint density at radius 2 is 2.10 bits per heavy atom. The van der Waals surface area contributed by atoms with Crippen LogP contribution in [0.3, 0.4) is 0 Å². The van der Waals surface area contributed by atoms with E-state index in [-0.39, 0.29) is 11.3 Å². The summed E-state index contributed by atoms with van der Waals surface area (Å²) in [5, 5.41) is 0. The Kier molecular flexibility index (Phi) is 4.92. The summed E-state index contributed by atoms with van der Waals surface area (Å²) in [4.78, 5) is 27.8. The third-order valence-corrected chi connectivity index (χ3v) is 7.24. The fourth-order valence-electron chi connectivity index (χ4n) is 5.35. The highest BCUT2D eigenvalue weighted by atomic mass is 16.2. The van der Waals surface area contributed by atoms with E-state index in [1.807, 2.05) is 19.3 Å². The van der Waals surface area contributed by atoms with E-state index in [1.54, 1.807) is 0 Å². The van der Waals surface area contributed by atoms with Gasteiger partial charge < -0.3 is 9.47 Å². The predicted octanol–water partition coefficient (Wildman–Crippen LogP) is 3.40. The van der Waals surface area contributed by atoms with Crippen molar-refractivity contribution in [3.05, 3.63) is 47.8 Å². The third-order valence-electron chi connectivity index (χ3n) is 7.24. The van der Waals surface area contributed by atoms with Crippen LogP contribution in [0, 0.1) is 18.3 Å². The van der Waals surface area contributed by atoms with Gasteiger partial charge in [0.15, 0.2) is 0 Å². The molecule has 6 nitrogen and oxygen atoms in total. The van der Waals surface area contributed by atoms with E-state index in [0.29, 0.717) is 11.9 Å². The zero-order valence-electron chi connectivity index (χ0n) is 18.4. The molecule has 0 bridgehead atoms. The highest BCUT2D eigenvalue weighted by molar-refractivity contribution is 5.87. The molecule has 4 heterocycles. The smallest absolute Gasteiger partial charge is 0.230 e. The molecule has 1 amide bonds. The molecule has 2 aliphatic heterocycles. The lowest BCUT2D eigenvalue weighted by Crippen LogP contribution is -2.40. The molecule has 6 heteroatoms. The number of rotatable bonds is 6. The topological polar surface area (TPSA) is 54.3 Å². The maximum absolute atomic E-state index is 13.7. The number of imidazole rings is 1.